The fourth-order valence-corrected chi connectivity index (χ4v) is 3.70. The molecule has 2 heterocycles. The first-order valence-electron chi connectivity index (χ1n) is 9.19. The molecule has 3 aromatic rings. The molecule has 1 aromatic heterocycles. The van der Waals surface area contributed by atoms with Crippen molar-refractivity contribution in [1.29, 1.82) is 0 Å². The highest BCUT2D eigenvalue weighted by Crippen LogP contribution is 2.35. The van der Waals surface area contributed by atoms with Crippen LogP contribution in [0.5, 0.6) is 5.75 Å². The van der Waals surface area contributed by atoms with E-state index in [0.717, 1.165) is 16.8 Å². The number of anilines is 1. The van der Waals surface area contributed by atoms with Crippen LogP contribution in [-0.2, 0) is 4.79 Å². The molecule has 1 fully saturated rings. The van der Waals surface area contributed by atoms with Gasteiger partial charge in [-0.25, -0.2) is 0 Å². The fourth-order valence-electron chi connectivity index (χ4n) is 3.47. The molecule has 1 amide bonds. The molecule has 1 atom stereocenters. The standard InChI is InChI=1S/C21H20ClN3O3/c1-3-27-18-7-5-4-6-16(18)21-23-20(24-28-21)14-11-19(26)25(12-14)17-9-8-15(22)10-13(17)2/h4-10,14H,3,11-12H2,1-2H3. The van der Waals surface area contributed by atoms with E-state index in [-0.39, 0.29) is 11.8 Å². The third-order valence-corrected chi connectivity index (χ3v) is 5.03. The number of rotatable bonds is 5. The zero-order valence-corrected chi connectivity index (χ0v) is 16.4. The fraction of sp³-hybridized carbons (Fsp3) is 0.286. The number of hydrogen-bond acceptors (Lipinski definition) is 5. The topological polar surface area (TPSA) is 68.5 Å². The van der Waals surface area contributed by atoms with Gasteiger partial charge < -0.3 is 14.2 Å². The number of aromatic nitrogens is 2. The molecule has 2 aromatic carbocycles. The lowest BCUT2D eigenvalue weighted by Gasteiger charge is -2.18. The number of halogens is 1. The average Bonchev–Trinajstić information content (AvgIpc) is 3.30. The lowest BCUT2D eigenvalue weighted by molar-refractivity contribution is -0.117. The van der Waals surface area contributed by atoms with Crippen molar-refractivity contribution in [3.05, 3.63) is 58.9 Å². The smallest absolute Gasteiger partial charge is 0.261 e. The van der Waals surface area contributed by atoms with Crippen molar-refractivity contribution in [3.8, 4) is 17.2 Å². The summed E-state index contributed by atoms with van der Waals surface area (Å²) in [5, 5.41) is 4.79. The zero-order chi connectivity index (χ0) is 19.7. The van der Waals surface area contributed by atoms with Crippen LogP contribution in [0.4, 0.5) is 5.69 Å². The van der Waals surface area contributed by atoms with Gasteiger partial charge in [0.15, 0.2) is 5.82 Å². The van der Waals surface area contributed by atoms with Gasteiger partial charge in [-0.1, -0.05) is 28.9 Å². The van der Waals surface area contributed by atoms with Gasteiger partial charge in [0.25, 0.3) is 5.89 Å². The van der Waals surface area contributed by atoms with Crippen molar-refractivity contribution in [1.82, 2.24) is 10.1 Å². The molecule has 1 aliphatic rings. The summed E-state index contributed by atoms with van der Waals surface area (Å²) in [5.41, 5.74) is 2.57. The highest BCUT2D eigenvalue weighted by atomic mass is 35.5. The molecule has 0 N–H and O–H groups in total. The predicted molar refractivity (Wildman–Crippen MR) is 107 cm³/mol. The van der Waals surface area contributed by atoms with Crippen LogP contribution in [0, 0.1) is 6.92 Å². The SMILES string of the molecule is CCOc1ccccc1-c1nc(C2CC(=O)N(c3ccc(Cl)cc3C)C2)no1. The molecule has 6 nitrogen and oxygen atoms in total. The summed E-state index contributed by atoms with van der Waals surface area (Å²) in [6.45, 7) is 4.92. The van der Waals surface area contributed by atoms with Gasteiger partial charge in [0, 0.05) is 29.6 Å². The quantitative estimate of drug-likeness (QED) is 0.628. The molecule has 7 heteroatoms. The van der Waals surface area contributed by atoms with Crippen LogP contribution in [0.25, 0.3) is 11.5 Å². The third-order valence-electron chi connectivity index (χ3n) is 4.80. The van der Waals surface area contributed by atoms with E-state index >= 15 is 0 Å². The number of amides is 1. The monoisotopic (exact) mass is 397 g/mol. The van der Waals surface area contributed by atoms with E-state index in [2.05, 4.69) is 10.1 Å². The predicted octanol–water partition coefficient (Wildman–Crippen LogP) is 4.62. The minimum absolute atomic E-state index is 0.0384. The second-order valence-corrected chi connectivity index (χ2v) is 7.16. The van der Waals surface area contributed by atoms with Gasteiger partial charge in [-0.05, 0) is 49.7 Å². The molecule has 0 bridgehead atoms. The van der Waals surface area contributed by atoms with Crippen molar-refractivity contribution in [2.75, 3.05) is 18.1 Å². The molecular formula is C21H20ClN3O3. The highest BCUT2D eigenvalue weighted by molar-refractivity contribution is 6.30. The number of aryl methyl sites for hydroxylation is 1. The molecule has 0 spiro atoms. The molecular weight excluding hydrogens is 378 g/mol. The number of nitrogens with zero attached hydrogens (tertiary/aromatic N) is 3. The van der Waals surface area contributed by atoms with Crippen molar-refractivity contribution < 1.29 is 14.1 Å². The second kappa shape index (κ2) is 7.64. The average molecular weight is 398 g/mol. The maximum atomic E-state index is 12.6. The van der Waals surface area contributed by atoms with Gasteiger partial charge in [0.05, 0.1) is 12.2 Å². The lowest BCUT2D eigenvalue weighted by atomic mass is 10.1. The number of carbonyl (C=O) groups excluding carboxylic acids is 1. The van der Waals surface area contributed by atoms with Crippen LogP contribution >= 0.6 is 11.6 Å². The normalized spacial score (nSPS) is 16.6. The Balaban J connectivity index is 1.58. The Labute approximate surface area is 168 Å². The van der Waals surface area contributed by atoms with Crippen LogP contribution in [0.15, 0.2) is 47.0 Å². The van der Waals surface area contributed by atoms with Crippen molar-refractivity contribution >= 4 is 23.2 Å². The molecule has 1 unspecified atom stereocenters. The molecule has 28 heavy (non-hydrogen) atoms. The minimum Gasteiger partial charge on any atom is -0.493 e. The lowest BCUT2D eigenvalue weighted by Crippen LogP contribution is -2.25. The van der Waals surface area contributed by atoms with Gasteiger partial charge in [-0.3, -0.25) is 4.79 Å². The largest absolute Gasteiger partial charge is 0.493 e. The summed E-state index contributed by atoms with van der Waals surface area (Å²) in [6.07, 6.45) is 0.341. The number of para-hydroxylation sites is 1. The highest BCUT2D eigenvalue weighted by Gasteiger charge is 2.35. The van der Waals surface area contributed by atoms with E-state index in [1.54, 1.807) is 11.0 Å². The van der Waals surface area contributed by atoms with E-state index in [1.165, 1.54) is 0 Å². The Bertz CT molecular complexity index is 1020. The Morgan fingerprint density at radius 2 is 2.11 bits per heavy atom. The van der Waals surface area contributed by atoms with Crippen LogP contribution in [0.2, 0.25) is 5.02 Å². The molecule has 4 rings (SSSR count). The number of ether oxygens (including phenoxy) is 1. The first-order chi connectivity index (χ1) is 13.6. The summed E-state index contributed by atoms with van der Waals surface area (Å²) in [6, 6.07) is 13.1. The Hall–Kier alpha value is -2.86. The van der Waals surface area contributed by atoms with E-state index in [9.17, 15) is 4.79 Å². The minimum atomic E-state index is -0.126. The van der Waals surface area contributed by atoms with Gasteiger partial charge in [0.2, 0.25) is 5.91 Å². The number of hydrogen-bond donors (Lipinski definition) is 0. The van der Waals surface area contributed by atoms with Crippen molar-refractivity contribution in [3.63, 3.8) is 0 Å². The second-order valence-electron chi connectivity index (χ2n) is 6.72. The van der Waals surface area contributed by atoms with E-state index in [0.29, 0.717) is 42.1 Å². The number of benzene rings is 2. The number of carbonyl (C=O) groups is 1. The maximum absolute atomic E-state index is 12.6. The van der Waals surface area contributed by atoms with Crippen molar-refractivity contribution in [2.45, 2.75) is 26.2 Å². The molecule has 0 saturated carbocycles. The van der Waals surface area contributed by atoms with Gasteiger partial charge in [-0.15, -0.1) is 0 Å². The van der Waals surface area contributed by atoms with Crippen LogP contribution in [-0.4, -0.2) is 29.2 Å². The summed E-state index contributed by atoms with van der Waals surface area (Å²) < 4.78 is 11.1. The Kier molecular flexibility index (Phi) is 5.05. The molecule has 144 valence electrons. The summed E-state index contributed by atoms with van der Waals surface area (Å²) in [5.74, 6) is 1.54. The first-order valence-corrected chi connectivity index (χ1v) is 9.57. The van der Waals surface area contributed by atoms with Crippen LogP contribution in [0.3, 0.4) is 0 Å². The van der Waals surface area contributed by atoms with Crippen LogP contribution < -0.4 is 9.64 Å². The summed E-state index contributed by atoms with van der Waals surface area (Å²) in [7, 11) is 0. The van der Waals surface area contributed by atoms with Gasteiger partial charge in [-0.2, -0.15) is 4.98 Å². The Morgan fingerprint density at radius 3 is 2.89 bits per heavy atom. The maximum Gasteiger partial charge on any atom is 0.261 e. The molecule has 1 aliphatic heterocycles. The summed E-state index contributed by atoms with van der Waals surface area (Å²) >= 11 is 6.03. The van der Waals surface area contributed by atoms with Crippen molar-refractivity contribution in [2.24, 2.45) is 0 Å². The van der Waals surface area contributed by atoms with Gasteiger partial charge >= 0.3 is 0 Å². The molecule has 0 aliphatic carbocycles. The zero-order valence-electron chi connectivity index (χ0n) is 15.7. The summed E-state index contributed by atoms with van der Waals surface area (Å²) in [4.78, 5) is 18.9. The van der Waals surface area contributed by atoms with Gasteiger partial charge in [0.1, 0.15) is 5.75 Å². The Morgan fingerprint density at radius 1 is 1.29 bits per heavy atom. The first kappa shape index (κ1) is 18.5. The van der Waals surface area contributed by atoms with E-state index in [1.807, 2.05) is 50.2 Å². The molecule has 0 radical (unpaired) electrons. The molecule has 1 saturated heterocycles. The van der Waals surface area contributed by atoms with E-state index < -0.39 is 0 Å². The van der Waals surface area contributed by atoms with E-state index in [4.69, 9.17) is 20.9 Å². The third kappa shape index (κ3) is 3.47. The van der Waals surface area contributed by atoms with Crippen LogP contribution in [0.1, 0.15) is 30.7 Å².